The first-order valence-corrected chi connectivity index (χ1v) is 4.87. The van der Waals surface area contributed by atoms with Gasteiger partial charge in [0.2, 0.25) is 0 Å². The molecule has 0 aromatic carbocycles. The molecular formula is C11H15FN2. The van der Waals surface area contributed by atoms with Crippen LogP contribution < -0.4 is 5.73 Å². The Morgan fingerprint density at radius 1 is 1.50 bits per heavy atom. The van der Waals surface area contributed by atoms with Crippen LogP contribution in [0, 0.1) is 5.82 Å². The van der Waals surface area contributed by atoms with Crippen LogP contribution in [-0.4, -0.2) is 10.5 Å². The number of hydrogen-bond donors (Lipinski definition) is 1. The highest BCUT2D eigenvalue weighted by atomic mass is 19.1. The predicted molar refractivity (Wildman–Crippen MR) is 53.4 cm³/mol. The van der Waals surface area contributed by atoms with Crippen LogP contribution >= 0.6 is 0 Å². The van der Waals surface area contributed by atoms with Crippen LogP contribution in [0.15, 0.2) is 18.3 Å². The van der Waals surface area contributed by atoms with Crippen molar-refractivity contribution in [2.45, 2.75) is 37.6 Å². The van der Waals surface area contributed by atoms with Crippen LogP contribution in [0.4, 0.5) is 4.39 Å². The van der Waals surface area contributed by atoms with Gasteiger partial charge in [-0.3, -0.25) is 4.98 Å². The van der Waals surface area contributed by atoms with E-state index in [9.17, 15) is 4.39 Å². The molecule has 0 atom stereocenters. The predicted octanol–water partition coefficient (Wildman–Crippen LogP) is 1.99. The molecule has 0 amide bonds. The van der Waals surface area contributed by atoms with Gasteiger partial charge in [0.05, 0.1) is 5.69 Å². The standard InChI is InChI=1S/C11H15FN2/c1-10(2,11(13)4-5-11)9-7-8(12)3-6-14-9/h3,6-7H,4-5,13H2,1-2H3. The summed E-state index contributed by atoms with van der Waals surface area (Å²) in [6.07, 6.45) is 3.49. The number of rotatable bonds is 2. The number of pyridine rings is 1. The normalized spacial score (nSPS) is 19.4. The molecule has 0 saturated heterocycles. The number of aromatic nitrogens is 1. The lowest BCUT2D eigenvalue weighted by Gasteiger charge is -2.31. The highest BCUT2D eigenvalue weighted by molar-refractivity contribution is 5.27. The molecular weight excluding hydrogens is 179 g/mol. The Hall–Kier alpha value is -0.960. The van der Waals surface area contributed by atoms with Crippen LogP contribution in [0.2, 0.25) is 0 Å². The average Bonchev–Trinajstić information content (AvgIpc) is 2.85. The Bertz CT molecular complexity index is 356. The van der Waals surface area contributed by atoms with Crippen molar-refractivity contribution in [2.24, 2.45) is 5.73 Å². The van der Waals surface area contributed by atoms with E-state index >= 15 is 0 Å². The van der Waals surface area contributed by atoms with Gasteiger partial charge in [0.15, 0.2) is 0 Å². The monoisotopic (exact) mass is 194 g/mol. The number of nitrogens with zero attached hydrogens (tertiary/aromatic N) is 1. The number of hydrogen-bond acceptors (Lipinski definition) is 2. The quantitative estimate of drug-likeness (QED) is 0.782. The summed E-state index contributed by atoms with van der Waals surface area (Å²) in [6.45, 7) is 4.06. The van der Waals surface area contributed by atoms with Gasteiger partial charge >= 0.3 is 0 Å². The summed E-state index contributed by atoms with van der Waals surface area (Å²) in [5, 5.41) is 0. The molecule has 2 nitrogen and oxygen atoms in total. The van der Waals surface area contributed by atoms with E-state index in [1.807, 2.05) is 13.8 Å². The molecule has 1 aromatic heterocycles. The van der Waals surface area contributed by atoms with Gasteiger partial charge in [0, 0.05) is 17.2 Å². The molecule has 0 bridgehead atoms. The Kier molecular flexibility index (Phi) is 1.89. The second-order valence-corrected chi connectivity index (χ2v) is 4.64. The minimum absolute atomic E-state index is 0.187. The van der Waals surface area contributed by atoms with Crippen LogP contribution in [0.3, 0.4) is 0 Å². The van der Waals surface area contributed by atoms with Crippen molar-refractivity contribution < 1.29 is 4.39 Å². The van der Waals surface area contributed by atoms with Crippen molar-refractivity contribution in [3.05, 3.63) is 29.8 Å². The topological polar surface area (TPSA) is 38.9 Å². The summed E-state index contributed by atoms with van der Waals surface area (Å²) in [7, 11) is 0. The fourth-order valence-electron chi connectivity index (χ4n) is 1.76. The van der Waals surface area contributed by atoms with E-state index in [4.69, 9.17) is 5.73 Å². The maximum absolute atomic E-state index is 13.0. The summed E-state index contributed by atoms with van der Waals surface area (Å²) in [4.78, 5) is 4.20. The van der Waals surface area contributed by atoms with E-state index in [2.05, 4.69) is 4.98 Å². The summed E-state index contributed by atoms with van der Waals surface area (Å²) in [5.74, 6) is -0.243. The summed E-state index contributed by atoms with van der Waals surface area (Å²) in [5.41, 5.74) is 6.46. The summed E-state index contributed by atoms with van der Waals surface area (Å²) < 4.78 is 13.0. The molecule has 1 saturated carbocycles. The molecule has 14 heavy (non-hydrogen) atoms. The second-order valence-electron chi connectivity index (χ2n) is 4.64. The minimum atomic E-state index is -0.243. The van der Waals surface area contributed by atoms with Gasteiger partial charge in [-0.1, -0.05) is 13.8 Å². The lowest BCUT2D eigenvalue weighted by Crippen LogP contribution is -2.43. The zero-order chi connectivity index (χ0) is 10.4. The van der Waals surface area contributed by atoms with Gasteiger partial charge in [-0.05, 0) is 25.0 Å². The zero-order valence-corrected chi connectivity index (χ0v) is 8.55. The van der Waals surface area contributed by atoms with E-state index in [0.717, 1.165) is 18.5 Å². The first-order valence-electron chi connectivity index (χ1n) is 4.87. The van der Waals surface area contributed by atoms with Crippen molar-refractivity contribution in [2.75, 3.05) is 0 Å². The van der Waals surface area contributed by atoms with Gasteiger partial charge in [0.25, 0.3) is 0 Å². The lowest BCUT2D eigenvalue weighted by atomic mass is 9.79. The molecule has 2 N–H and O–H groups in total. The van der Waals surface area contributed by atoms with Crippen molar-refractivity contribution in [3.8, 4) is 0 Å². The highest BCUT2D eigenvalue weighted by Crippen LogP contribution is 2.48. The summed E-state index contributed by atoms with van der Waals surface area (Å²) >= 11 is 0. The van der Waals surface area contributed by atoms with Gasteiger partial charge in [-0.25, -0.2) is 4.39 Å². The number of halogens is 1. The van der Waals surface area contributed by atoms with Crippen molar-refractivity contribution in [1.82, 2.24) is 4.98 Å². The third kappa shape index (κ3) is 1.32. The Balaban J connectivity index is 2.38. The fourth-order valence-corrected chi connectivity index (χ4v) is 1.76. The maximum atomic E-state index is 13.0. The zero-order valence-electron chi connectivity index (χ0n) is 8.55. The average molecular weight is 194 g/mol. The molecule has 0 spiro atoms. The molecule has 2 rings (SSSR count). The van der Waals surface area contributed by atoms with Gasteiger partial charge in [-0.2, -0.15) is 0 Å². The van der Waals surface area contributed by atoms with Gasteiger partial charge in [0.1, 0.15) is 5.82 Å². The molecule has 1 aromatic rings. The second kappa shape index (κ2) is 2.76. The molecule has 0 radical (unpaired) electrons. The van der Waals surface area contributed by atoms with Crippen molar-refractivity contribution in [1.29, 1.82) is 0 Å². The van der Waals surface area contributed by atoms with Crippen LogP contribution in [-0.2, 0) is 5.41 Å². The molecule has 76 valence electrons. The van der Waals surface area contributed by atoms with E-state index in [0.29, 0.717) is 0 Å². The molecule has 0 aliphatic heterocycles. The number of nitrogens with two attached hydrogens (primary N) is 1. The maximum Gasteiger partial charge on any atom is 0.126 e. The van der Waals surface area contributed by atoms with E-state index in [-0.39, 0.29) is 16.8 Å². The third-order valence-corrected chi connectivity index (χ3v) is 3.40. The largest absolute Gasteiger partial charge is 0.324 e. The van der Waals surface area contributed by atoms with E-state index in [1.165, 1.54) is 18.3 Å². The van der Waals surface area contributed by atoms with E-state index in [1.54, 1.807) is 0 Å². The Morgan fingerprint density at radius 2 is 2.14 bits per heavy atom. The minimum Gasteiger partial charge on any atom is -0.324 e. The van der Waals surface area contributed by atoms with Gasteiger partial charge in [-0.15, -0.1) is 0 Å². The summed E-state index contributed by atoms with van der Waals surface area (Å²) in [6, 6.07) is 2.84. The molecule has 1 heterocycles. The molecule has 1 fully saturated rings. The van der Waals surface area contributed by atoms with Crippen molar-refractivity contribution in [3.63, 3.8) is 0 Å². The lowest BCUT2D eigenvalue weighted by molar-refractivity contribution is 0.379. The molecule has 3 heteroatoms. The highest BCUT2D eigenvalue weighted by Gasteiger charge is 2.52. The van der Waals surface area contributed by atoms with Crippen molar-refractivity contribution >= 4 is 0 Å². The fraction of sp³-hybridized carbons (Fsp3) is 0.545. The van der Waals surface area contributed by atoms with E-state index < -0.39 is 0 Å². The van der Waals surface area contributed by atoms with Crippen LogP contribution in [0.5, 0.6) is 0 Å². The molecule has 0 unspecified atom stereocenters. The Morgan fingerprint density at radius 3 is 2.64 bits per heavy atom. The third-order valence-electron chi connectivity index (χ3n) is 3.40. The molecule has 1 aliphatic rings. The van der Waals surface area contributed by atoms with Crippen LogP contribution in [0.1, 0.15) is 32.4 Å². The molecule has 1 aliphatic carbocycles. The van der Waals surface area contributed by atoms with Crippen LogP contribution in [0.25, 0.3) is 0 Å². The smallest absolute Gasteiger partial charge is 0.126 e. The first-order chi connectivity index (χ1) is 6.46. The van der Waals surface area contributed by atoms with Gasteiger partial charge < -0.3 is 5.73 Å². The first kappa shape index (κ1) is 9.59. The SMILES string of the molecule is CC(C)(c1cc(F)ccn1)C1(N)CC1. The Labute approximate surface area is 83.3 Å².